The molecule has 2 heterocycles. The van der Waals surface area contributed by atoms with Crippen molar-refractivity contribution in [3.05, 3.63) is 22.3 Å². The van der Waals surface area contributed by atoms with E-state index in [1.54, 1.807) is 0 Å². The van der Waals surface area contributed by atoms with Gasteiger partial charge in [0.05, 0.1) is 0 Å². The Morgan fingerprint density at radius 3 is 1.19 bits per heavy atom. The van der Waals surface area contributed by atoms with Crippen LogP contribution in [0.25, 0.3) is 0 Å². The van der Waals surface area contributed by atoms with E-state index in [0.717, 1.165) is 0 Å². The van der Waals surface area contributed by atoms with E-state index < -0.39 is 12.1 Å². The molecule has 2 unspecified atom stereocenters. The van der Waals surface area contributed by atoms with E-state index in [0.29, 0.717) is 0 Å². The van der Waals surface area contributed by atoms with E-state index >= 15 is 0 Å². The monoisotopic (exact) mass is 399 g/mol. The van der Waals surface area contributed by atoms with Crippen LogP contribution < -0.4 is 0 Å². The summed E-state index contributed by atoms with van der Waals surface area (Å²) in [5.74, 6) is 0. The van der Waals surface area contributed by atoms with Gasteiger partial charge in [-0.05, 0) is 0 Å². The van der Waals surface area contributed by atoms with Crippen LogP contribution in [-0.4, -0.2) is 18.3 Å². The molecule has 0 N–H and O–H groups in total. The Kier molecular flexibility index (Phi) is 4.81. The predicted octanol–water partition coefficient (Wildman–Crippen LogP) is 6.86. The summed E-state index contributed by atoms with van der Waals surface area (Å²) in [6, 6.07) is 0. The molecule has 0 aliphatic carbocycles. The fraction of sp³-hybridized carbons (Fsp3) is 0.625. The van der Waals surface area contributed by atoms with Crippen molar-refractivity contribution in [3.63, 3.8) is 0 Å². The molecule has 21 heavy (non-hydrogen) atoms. The zero-order valence-corrected chi connectivity index (χ0v) is 18.8. The van der Waals surface area contributed by atoms with Crippen LogP contribution in [0.4, 0.5) is 0 Å². The van der Waals surface area contributed by atoms with Crippen molar-refractivity contribution in [2.24, 2.45) is 0 Å². The van der Waals surface area contributed by atoms with E-state index in [9.17, 15) is 0 Å². The molecule has 0 aromatic carbocycles. The molecule has 0 saturated carbocycles. The minimum absolute atomic E-state index is 0.0660. The van der Waals surface area contributed by atoms with Gasteiger partial charge in [0.25, 0.3) is 0 Å². The van der Waals surface area contributed by atoms with Gasteiger partial charge in [0, 0.05) is 0 Å². The van der Waals surface area contributed by atoms with Crippen molar-refractivity contribution in [1.82, 2.24) is 0 Å². The number of hydrogen-bond donors (Lipinski definition) is 0. The molecule has 117 valence electrons. The Bertz CT molecular complexity index is 589. The summed E-state index contributed by atoms with van der Waals surface area (Å²) >= 11 is -3.04. The second-order valence-corrected chi connectivity index (χ2v) is 20.4. The zero-order chi connectivity index (χ0) is 16.4. The summed E-state index contributed by atoms with van der Waals surface area (Å²) in [4.78, 5) is 0. The number of allylic oxidation sites excluding steroid dienone is 4. The first-order valence-electron chi connectivity index (χ1n) is 7.18. The van der Waals surface area contributed by atoms with E-state index in [2.05, 4.69) is 55.4 Å². The first-order chi connectivity index (χ1) is 9.40. The normalized spacial score (nSPS) is 35.3. The Balaban J connectivity index is 2.66. The molecule has 5 heteroatoms. The maximum absolute atomic E-state index is 7.31. The van der Waals surface area contributed by atoms with E-state index in [1.165, 1.54) is 49.3 Å². The third kappa shape index (κ3) is 2.33. The quantitative estimate of drug-likeness (QED) is 0.445. The fourth-order valence-corrected chi connectivity index (χ4v) is 17.8. The van der Waals surface area contributed by atoms with E-state index in [4.69, 9.17) is 19.7 Å². The van der Waals surface area contributed by atoms with Crippen molar-refractivity contribution >= 4 is 46.7 Å². The van der Waals surface area contributed by atoms with Crippen molar-refractivity contribution in [3.8, 4) is 0 Å². The molecule has 0 aromatic heterocycles. The summed E-state index contributed by atoms with van der Waals surface area (Å²) in [5, 5.41) is 2.86. The summed E-state index contributed by atoms with van der Waals surface area (Å²) in [5.41, 5.74) is 5.63. The van der Waals surface area contributed by atoms with Crippen molar-refractivity contribution in [2.45, 2.75) is 63.1 Å². The van der Waals surface area contributed by atoms with Gasteiger partial charge in [0.1, 0.15) is 0 Å². The predicted molar refractivity (Wildman–Crippen MR) is 100 cm³/mol. The van der Waals surface area contributed by atoms with Gasteiger partial charge in [-0.25, -0.2) is 0 Å². The Morgan fingerprint density at radius 2 is 1.00 bits per heavy atom. The molecular formula is C16H24Cl2P2V. The summed E-state index contributed by atoms with van der Waals surface area (Å²) < 4.78 is -0.132. The van der Waals surface area contributed by atoms with Crippen LogP contribution in [0.2, 0.25) is 0 Å². The second-order valence-electron chi connectivity index (χ2n) is 6.45. The topological polar surface area (TPSA) is 0 Å². The molecule has 2 aliphatic rings. The molecule has 0 radical (unpaired) electrons. The van der Waals surface area contributed by atoms with Crippen LogP contribution in [0.5, 0.6) is 0 Å². The van der Waals surface area contributed by atoms with E-state index in [1.807, 2.05) is 0 Å². The number of halogens is 2. The standard InChI is InChI=1S/2C8H12P.2ClH.V/c2*1-5-6(2)8(4)9-7(5)3;;;/h2*1-4H3;2*1H;/q;;;;+2/p-2. The second kappa shape index (κ2) is 5.51. The van der Waals surface area contributed by atoms with Gasteiger partial charge >= 0.3 is 144 Å². The summed E-state index contributed by atoms with van der Waals surface area (Å²) in [7, 11) is 17.3. The molecule has 0 nitrogen and oxygen atoms in total. The third-order valence-electron chi connectivity index (χ3n) is 5.50. The van der Waals surface area contributed by atoms with Crippen LogP contribution in [0, 0.1) is 0 Å². The molecule has 2 aliphatic heterocycles. The molecule has 0 bridgehead atoms. The average Bonchev–Trinajstić information content (AvgIpc) is 2.72. The van der Waals surface area contributed by atoms with Gasteiger partial charge in [-0.3, -0.25) is 0 Å². The molecule has 0 spiro atoms. The molecule has 0 amide bonds. The van der Waals surface area contributed by atoms with Crippen LogP contribution in [-0.2, 0) is 12.1 Å². The van der Waals surface area contributed by atoms with Crippen molar-refractivity contribution in [1.29, 1.82) is 0 Å². The molecule has 0 aromatic rings. The van der Waals surface area contributed by atoms with Crippen LogP contribution in [0.3, 0.4) is 0 Å². The Hall–Kier alpha value is 0.984. The van der Waals surface area contributed by atoms with E-state index in [-0.39, 0.29) is 7.74 Å². The first-order valence-corrected chi connectivity index (χ1v) is 14.2. The molecule has 0 fully saturated rings. The maximum atomic E-state index is 7.31. The first kappa shape index (κ1) is 18.3. The Morgan fingerprint density at radius 1 is 0.714 bits per heavy atom. The minimum atomic E-state index is -3.04. The van der Waals surface area contributed by atoms with Gasteiger partial charge < -0.3 is 0 Å². The third-order valence-corrected chi connectivity index (χ3v) is 23.8. The number of hydrogen-bond acceptors (Lipinski definition) is 0. The molecule has 2 atom stereocenters. The SMILES string of the molecule is CC1=P[C](C)([V]([Cl])([Cl])[C]2(C)P=C(C)C(C)=C2C)C(C)=C1C. The van der Waals surface area contributed by atoms with Crippen LogP contribution >= 0.6 is 36.1 Å². The van der Waals surface area contributed by atoms with Crippen molar-refractivity contribution in [2.75, 3.05) is 0 Å². The zero-order valence-electron chi connectivity index (χ0n) is 14.1. The van der Waals surface area contributed by atoms with Gasteiger partial charge in [-0.15, -0.1) is 0 Å². The van der Waals surface area contributed by atoms with Crippen molar-refractivity contribution < 1.29 is 12.1 Å². The van der Waals surface area contributed by atoms with Gasteiger partial charge in [-0.1, -0.05) is 0 Å². The van der Waals surface area contributed by atoms with Gasteiger partial charge in [-0.2, -0.15) is 0 Å². The molecule has 0 saturated heterocycles. The molecular weight excluding hydrogens is 376 g/mol. The molecule has 2 rings (SSSR count). The van der Waals surface area contributed by atoms with Gasteiger partial charge in [0.15, 0.2) is 0 Å². The average molecular weight is 400 g/mol. The summed E-state index contributed by atoms with van der Waals surface area (Å²) in [6.07, 6.45) is 0. The van der Waals surface area contributed by atoms with Gasteiger partial charge in [0.2, 0.25) is 0 Å². The Labute approximate surface area is 143 Å². The number of rotatable bonds is 2. The van der Waals surface area contributed by atoms with Crippen LogP contribution in [0.1, 0.15) is 55.4 Å². The summed E-state index contributed by atoms with van der Waals surface area (Å²) in [6.45, 7) is 17.9. The van der Waals surface area contributed by atoms with Crippen LogP contribution in [0.15, 0.2) is 22.3 Å². The fourth-order valence-electron chi connectivity index (χ4n) is 3.21.